The van der Waals surface area contributed by atoms with Crippen molar-refractivity contribution in [1.82, 2.24) is 0 Å². The van der Waals surface area contributed by atoms with E-state index in [0.717, 1.165) is 25.7 Å². The fraction of sp³-hybridized carbons (Fsp3) is 1.00. The van der Waals surface area contributed by atoms with Gasteiger partial charge in [0.2, 0.25) is 0 Å². The summed E-state index contributed by atoms with van der Waals surface area (Å²) in [5, 5.41) is 0. The van der Waals surface area contributed by atoms with Crippen LogP contribution in [0, 0.1) is 0 Å². The largest absolute Gasteiger partial charge is 0.875 e. The number of unbranched alkanes of at least 4 members (excludes halogenated alkanes) is 24. The summed E-state index contributed by atoms with van der Waals surface area (Å²) in [6.07, 6.45) is 35.9. The second kappa shape index (κ2) is 34.9. The average Bonchev–Trinajstić information content (AvgIpc) is 2.98. The molecule has 0 unspecified atom stereocenters. The molecule has 0 N–H and O–H groups in total. The zero-order valence-electron chi connectivity index (χ0n) is 28.8. The molecular formula is C36H76AlO4-. The maximum atomic E-state index is 6.54. The molecule has 5 heteroatoms. The first-order chi connectivity index (χ1) is 20.2. The molecule has 0 saturated heterocycles. The van der Waals surface area contributed by atoms with Crippen molar-refractivity contribution in [3.8, 4) is 0 Å². The topological polar surface area (TPSA) is 36.9 Å². The highest BCUT2D eigenvalue weighted by molar-refractivity contribution is 6.53. The lowest BCUT2D eigenvalue weighted by Gasteiger charge is -2.37. The highest BCUT2D eigenvalue weighted by atomic mass is 27.3. The monoisotopic (exact) mass is 600 g/mol. The van der Waals surface area contributed by atoms with Gasteiger partial charge < -0.3 is 15.2 Å². The van der Waals surface area contributed by atoms with Crippen molar-refractivity contribution in [2.75, 3.05) is 26.4 Å². The van der Waals surface area contributed by atoms with Crippen molar-refractivity contribution < 1.29 is 15.2 Å². The molecule has 0 saturated carbocycles. The molecule has 0 aliphatic heterocycles. The minimum atomic E-state index is -3.48. The minimum Gasteiger partial charge on any atom is -0.587 e. The summed E-state index contributed by atoms with van der Waals surface area (Å²) in [6.45, 7) is 12.0. The van der Waals surface area contributed by atoms with Crippen molar-refractivity contribution in [2.45, 2.75) is 207 Å². The Hall–Kier alpha value is 0.372. The molecule has 0 heterocycles. The third-order valence-electron chi connectivity index (χ3n) is 8.28. The third kappa shape index (κ3) is 30.2. The highest BCUT2D eigenvalue weighted by Gasteiger charge is 2.46. The number of rotatable bonds is 36. The van der Waals surface area contributed by atoms with Crippen molar-refractivity contribution in [3.63, 3.8) is 0 Å². The Morgan fingerprint density at radius 3 is 0.610 bits per heavy atom. The average molecular weight is 600 g/mol. The van der Waals surface area contributed by atoms with Gasteiger partial charge in [-0.1, -0.05) is 182 Å². The van der Waals surface area contributed by atoms with Gasteiger partial charge in [-0.05, 0) is 52.1 Å². The van der Waals surface area contributed by atoms with Gasteiger partial charge in [-0.15, -0.1) is 0 Å². The van der Waals surface area contributed by atoms with Gasteiger partial charge in [0.25, 0.3) is 0 Å². The number of hydrogen-bond donors (Lipinski definition) is 0. The van der Waals surface area contributed by atoms with Crippen LogP contribution in [0.3, 0.4) is 0 Å². The van der Waals surface area contributed by atoms with Crippen LogP contribution in [0.5, 0.6) is 0 Å². The van der Waals surface area contributed by atoms with Crippen LogP contribution >= 0.6 is 0 Å². The van der Waals surface area contributed by atoms with Gasteiger partial charge in [0, 0.05) is 0 Å². The molecule has 248 valence electrons. The summed E-state index contributed by atoms with van der Waals surface area (Å²) in [6, 6.07) is 0. The van der Waals surface area contributed by atoms with Crippen LogP contribution < -0.4 is 0 Å². The summed E-state index contributed by atoms with van der Waals surface area (Å²) in [7, 11) is 0. The van der Waals surface area contributed by atoms with Crippen LogP contribution in [-0.4, -0.2) is 40.8 Å². The van der Waals surface area contributed by atoms with E-state index in [1.54, 1.807) is 0 Å². The van der Waals surface area contributed by atoms with Gasteiger partial charge in [0.15, 0.2) is 0 Å². The summed E-state index contributed by atoms with van der Waals surface area (Å²) in [5.74, 6) is 0. The van der Waals surface area contributed by atoms with Crippen molar-refractivity contribution in [2.24, 2.45) is 0 Å². The predicted molar refractivity (Wildman–Crippen MR) is 182 cm³/mol. The standard InChI is InChI=1S/4C9H19O.Al/c4*1-2-3-4-5-6-7-8-9-10;/h4*2-9H2,1H3;/q4*-1;+3. The summed E-state index contributed by atoms with van der Waals surface area (Å²) < 4.78 is 26.1. The highest BCUT2D eigenvalue weighted by Crippen LogP contribution is 2.19. The lowest BCUT2D eigenvalue weighted by Crippen LogP contribution is -2.50. The van der Waals surface area contributed by atoms with Gasteiger partial charge in [-0.2, -0.15) is 0 Å². The van der Waals surface area contributed by atoms with Gasteiger partial charge in [-0.3, -0.25) is 0 Å². The molecule has 0 aromatic carbocycles. The van der Waals surface area contributed by atoms with Gasteiger partial charge in [0.1, 0.15) is 0 Å². The van der Waals surface area contributed by atoms with Crippen LogP contribution in [0.4, 0.5) is 0 Å². The summed E-state index contributed by atoms with van der Waals surface area (Å²) >= 11 is -3.48. The van der Waals surface area contributed by atoms with E-state index in [1.165, 1.54) is 154 Å². The van der Waals surface area contributed by atoms with E-state index in [4.69, 9.17) is 15.2 Å². The van der Waals surface area contributed by atoms with Crippen molar-refractivity contribution in [3.05, 3.63) is 0 Å². The molecular weight excluding hydrogens is 523 g/mol. The molecule has 0 amide bonds. The van der Waals surface area contributed by atoms with E-state index in [0.29, 0.717) is 26.4 Å². The van der Waals surface area contributed by atoms with E-state index in [9.17, 15) is 0 Å². The zero-order valence-corrected chi connectivity index (χ0v) is 30.0. The molecule has 0 aromatic heterocycles. The van der Waals surface area contributed by atoms with Crippen LogP contribution in [0.2, 0.25) is 0 Å². The smallest absolute Gasteiger partial charge is 0.587 e. The molecule has 0 radical (unpaired) electrons. The third-order valence-corrected chi connectivity index (χ3v) is 10.9. The van der Waals surface area contributed by atoms with E-state index in [2.05, 4.69) is 27.7 Å². The Morgan fingerprint density at radius 1 is 0.244 bits per heavy atom. The van der Waals surface area contributed by atoms with Crippen LogP contribution in [0.15, 0.2) is 0 Å². The Morgan fingerprint density at radius 2 is 0.415 bits per heavy atom. The molecule has 41 heavy (non-hydrogen) atoms. The molecule has 0 rings (SSSR count). The second-order valence-electron chi connectivity index (χ2n) is 12.5. The first-order valence-electron chi connectivity index (χ1n) is 18.9. The van der Waals surface area contributed by atoms with Gasteiger partial charge in [-0.25, -0.2) is 0 Å². The first-order valence-corrected chi connectivity index (χ1v) is 20.8. The molecule has 0 bridgehead atoms. The summed E-state index contributed by atoms with van der Waals surface area (Å²) in [5.41, 5.74) is 0. The lowest BCUT2D eigenvalue weighted by atomic mass is 10.1. The van der Waals surface area contributed by atoms with Crippen molar-refractivity contribution >= 4 is 14.4 Å². The maximum Gasteiger partial charge on any atom is 0.875 e. The Labute approximate surface area is 262 Å². The maximum absolute atomic E-state index is 6.54. The van der Waals surface area contributed by atoms with Crippen LogP contribution in [0.1, 0.15) is 207 Å². The predicted octanol–water partition coefficient (Wildman–Crippen LogP) is 12.5. The quantitative estimate of drug-likeness (QED) is 0.0530. The van der Waals surface area contributed by atoms with Gasteiger partial charge >= 0.3 is 14.4 Å². The Kier molecular flexibility index (Phi) is 35.2. The SMILES string of the molecule is CCCCCCCCC[O][Al-]([O]CCCCCCCCC)([O]CCCCCCCCC)[O]CCCCCCCCC. The lowest BCUT2D eigenvalue weighted by molar-refractivity contribution is -0.0375. The van der Waals surface area contributed by atoms with Gasteiger partial charge in [0.05, 0.1) is 0 Å². The number of hydrogen-bond acceptors (Lipinski definition) is 4. The first kappa shape index (κ1) is 41.4. The Balaban J connectivity index is 4.82. The van der Waals surface area contributed by atoms with E-state index >= 15 is 0 Å². The Bertz CT molecular complexity index is 391. The van der Waals surface area contributed by atoms with E-state index in [1.807, 2.05) is 0 Å². The van der Waals surface area contributed by atoms with E-state index in [-0.39, 0.29) is 0 Å². The van der Waals surface area contributed by atoms with Crippen LogP contribution in [0.25, 0.3) is 0 Å². The summed E-state index contributed by atoms with van der Waals surface area (Å²) in [4.78, 5) is 0. The van der Waals surface area contributed by atoms with Crippen molar-refractivity contribution in [1.29, 1.82) is 0 Å². The van der Waals surface area contributed by atoms with Crippen LogP contribution in [-0.2, 0) is 15.2 Å². The molecule has 0 atom stereocenters. The fourth-order valence-corrected chi connectivity index (χ4v) is 7.83. The molecule has 0 spiro atoms. The molecule has 0 fully saturated rings. The normalized spacial score (nSPS) is 12.0. The molecule has 0 aliphatic carbocycles. The minimum absolute atomic E-state index is 0.712. The van der Waals surface area contributed by atoms with E-state index < -0.39 is 14.4 Å². The molecule has 0 aromatic rings. The molecule has 0 aliphatic rings. The fourth-order valence-electron chi connectivity index (χ4n) is 5.44. The molecule has 4 nitrogen and oxygen atoms in total. The zero-order chi connectivity index (χ0) is 30.0. The second-order valence-corrected chi connectivity index (χ2v) is 15.0.